The molecule has 0 spiro atoms. The first-order valence-corrected chi connectivity index (χ1v) is 7.78. The van der Waals surface area contributed by atoms with Crippen LogP contribution in [0.2, 0.25) is 0 Å². The number of hydrogen-bond donors (Lipinski definition) is 1. The van der Waals surface area contributed by atoms with Crippen molar-refractivity contribution in [1.82, 2.24) is 10.3 Å². The van der Waals surface area contributed by atoms with Crippen molar-refractivity contribution in [2.24, 2.45) is 0 Å². The predicted octanol–water partition coefficient (Wildman–Crippen LogP) is 3.00. The van der Waals surface area contributed by atoms with Gasteiger partial charge in [-0.25, -0.2) is 0 Å². The van der Waals surface area contributed by atoms with Gasteiger partial charge in [0.15, 0.2) is 11.5 Å². The highest BCUT2D eigenvalue weighted by Gasteiger charge is 2.12. The van der Waals surface area contributed by atoms with Crippen molar-refractivity contribution in [1.29, 1.82) is 0 Å². The lowest BCUT2D eigenvalue weighted by Gasteiger charge is -2.13. The number of nitrogens with one attached hydrogen (secondary N) is 1. The Hall–Kier alpha value is -3.02. The van der Waals surface area contributed by atoms with Gasteiger partial charge in [0.2, 0.25) is 11.7 Å². The summed E-state index contributed by atoms with van der Waals surface area (Å²) in [6.45, 7) is 1.88. The van der Waals surface area contributed by atoms with Crippen LogP contribution in [-0.4, -0.2) is 32.2 Å². The molecule has 132 valence electrons. The number of hydrogen-bond acceptors (Lipinski definition) is 5. The SMILES string of the molecule is COc1cc(/C=C/C(=O)NC(C)c2ccccn2)cc(OC)c1OC. The Morgan fingerprint density at radius 3 is 2.32 bits per heavy atom. The van der Waals surface area contributed by atoms with Gasteiger partial charge in [0.25, 0.3) is 0 Å². The number of methoxy groups -OCH3 is 3. The van der Waals surface area contributed by atoms with Crippen LogP contribution in [0.5, 0.6) is 17.2 Å². The van der Waals surface area contributed by atoms with Crippen molar-refractivity contribution in [3.8, 4) is 17.2 Å². The third kappa shape index (κ3) is 4.73. The van der Waals surface area contributed by atoms with Gasteiger partial charge in [0.05, 0.1) is 33.1 Å². The molecule has 1 atom stereocenters. The number of carbonyl (C=O) groups excluding carboxylic acids is 1. The molecule has 1 aromatic heterocycles. The highest BCUT2D eigenvalue weighted by atomic mass is 16.5. The van der Waals surface area contributed by atoms with Gasteiger partial charge in [0.1, 0.15) is 0 Å². The third-order valence-corrected chi connectivity index (χ3v) is 3.60. The zero-order valence-corrected chi connectivity index (χ0v) is 14.8. The Labute approximate surface area is 147 Å². The van der Waals surface area contributed by atoms with Gasteiger partial charge in [-0.1, -0.05) is 6.07 Å². The molecule has 1 aromatic carbocycles. The van der Waals surface area contributed by atoms with Crippen molar-refractivity contribution < 1.29 is 19.0 Å². The zero-order chi connectivity index (χ0) is 18.2. The molecule has 25 heavy (non-hydrogen) atoms. The van der Waals surface area contributed by atoms with Gasteiger partial charge >= 0.3 is 0 Å². The molecule has 1 heterocycles. The molecule has 0 aliphatic carbocycles. The number of aromatic nitrogens is 1. The number of pyridine rings is 1. The minimum atomic E-state index is -0.216. The van der Waals surface area contributed by atoms with Crippen molar-refractivity contribution >= 4 is 12.0 Å². The lowest BCUT2D eigenvalue weighted by atomic mass is 10.1. The Bertz CT molecular complexity index is 719. The van der Waals surface area contributed by atoms with Gasteiger partial charge in [-0.15, -0.1) is 0 Å². The molecule has 0 bridgehead atoms. The van der Waals surface area contributed by atoms with Crippen LogP contribution < -0.4 is 19.5 Å². The number of ether oxygens (including phenoxy) is 3. The second-order valence-electron chi connectivity index (χ2n) is 5.28. The van der Waals surface area contributed by atoms with Crippen LogP contribution >= 0.6 is 0 Å². The van der Waals surface area contributed by atoms with Gasteiger partial charge in [-0.2, -0.15) is 0 Å². The maximum absolute atomic E-state index is 12.1. The number of amides is 1. The Morgan fingerprint density at radius 1 is 1.12 bits per heavy atom. The van der Waals surface area contributed by atoms with E-state index in [1.807, 2.05) is 25.1 Å². The molecule has 1 unspecified atom stereocenters. The van der Waals surface area contributed by atoms with E-state index in [0.717, 1.165) is 11.3 Å². The minimum Gasteiger partial charge on any atom is -0.493 e. The lowest BCUT2D eigenvalue weighted by Crippen LogP contribution is -2.25. The van der Waals surface area contributed by atoms with Crippen LogP contribution in [0, 0.1) is 0 Å². The summed E-state index contributed by atoms with van der Waals surface area (Å²) in [7, 11) is 4.64. The first-order chi connectivity index (χ1) is 12.1. The molecule has 2 aromatic rings. The highest BCUT2D eigenvalue weighted by Crippen LogP contribution is 2.38. The fourth-order valence-electron chi connectivity index (χ4n) is 2.34. The minimum absolute atomic E-state index is 0.182. The van der Waals surface area contributed by atoms with Gasteiger partial charge < -0.3 is 19.5 Å². The number of benzene rings is 1. The number of nitrogens with zero attached hydrogens (tertiary/aromatic N) is 1. The molecule has 6 nitrogen and oxygen atoms in total. The molecule has 2 rings (SSSR count). The average Bonchev–Trinajstić information content (AvgIpc) is 2.65. The largest absolute Gasteiger partial charge is 0.493 e. The summed E-state index contributed by atoms with van der Waals surface area (Å²) < 4.78 is 15.9. The van der Waals surface area contributed by atoms with Crippen LogP contribution in [-0.2, 0) is 4.79 Å². The molecule has 1 N–H and O–H groups in total. The van der Waals surface area contributed by atoms with Crippen LogP contribution in [0.15, 0.2) is 42.6 Å². The van der Waals surface area contributed by atoms with E-state index in [1.54, 1.807) is 45.7 Å². The summed E-state index contributed by atoms with van der Waals surface area (Å²) in [5.74, 6) is 1.36. The fourth-order valence-corrected chi connectivity index (χ4v) is 2.34. The van der Waals surface area contributed by atoms with Crippen LogP contribution in [0.1, 0.15) is 24.2 Å². The maximum Gasteiger partial charge on any atom is 0.244 e. The molecular formula is C19H22N2O4. The van der Waals surface area contributed by atoms with E-state index in [9.17, 15) is 4.79 Å². The summed E-state index contributed by atoms with van der Waals surface area (Å²) in [4.78, 5) is 16.3. The van der Waals surface area contributed by atoms with Gasteiger partial charge in [-0.3, -0.25) is 9.78 Å². The fraction of sp³-hybridized carbons (Fsp3) is 0.263. The van der Waals surface area contributed by atoms with E-state index < -0.39 is 0 Å². The molecule has 1 amide bonds. The predicted molar refractivity (Wildman–Crippen MR) is 95.9 cm³/mol. The maximum atomic E-state index is 12.1. The quantitative estimate of drug-likeness (QED) is 0.783. The van der Waals surface area contributed by atoms with Crippen LogP contribution in [0.3, 0.4) is 0 Å². The normalized spacial score (nSPS) is 11.8. The van der Waals surface area contributed by atoms with Gasteiger partial charge in [0, 0.05) is 12.3 Å². The smallest absolute Gasteiger partial charge is 0.244 e. The molecule has 0 saturated heterocycles. The molecule has 0 radical (unpaired) electrons. The summed E-state index contributed by atoms with van der Waals surface area (Å²) in [5.41, 5.74) is 1.56. The second-order valence-corrected chi connectivity index (χ2v) is 5.28. The summed E-state index contributed by atoms with van der Waals surface area (Å²) in [6, 6.07) is 8.95. The van der Waals surface area contributed by atoms with E-state index in [2.05, 4.69) is 10.3 Å². The number of carbonyl (C=O) groups is 1. The van der Waals surface area contributed by atoms with Crippen molar-refractivity contribution in [3.05, 3.63) is 53.9 Å². The average molecular weight is 342 g/mol. The van der Waals surface area contributed by atoms with E-state index in [1.165, 1.54) is 6.08 Å². The van der Waals surface area contributed by atoms with Gasteiger partial charge in [-0.05, 0) is 42.8 Å². The summed E-state index contributed by atoms with van der Waals surface area (Å²) >= 11 is 0. The molecule has 6 heteroatoms. The number of rotatable bonds is 7. The molecule has 0 fully saturated rings. The van der Waals surface area contributed by atoms with E-state index in [4.69, 9.17) is 14.2 Å². The summed E-state index contributed by atoms with van der Waals surface area (Å²) in [5, 5.41) is 2.87. The van der Waals surface area contributed by atoms with Crippen LogP contribution in [0.25, 0.3) is 6.08 Å². The van der Waals surface area contributed by atoms with Crippen molar-refractivity contribution in [2.45, 2.75) is 13.0 Å². The van der Waals surface area contributed by atoms with E-state index in [-0.39, 0.29) is 11.9 Å². The Morgan fingerprint density at radius 2 is 1.80 bits per heavy atom. The monoisotopic (exact) mass is 342 g/mol. The lowest BCUT2D eigenvalue weighted by molar-refractivity contribution is -0.117. The second kappa shape index (κ2) is 8.73. The standard InChI is InChI=1S/C19H22N2O4/c1-13(15-7-5-6-10-20-15)21-18(22)9-8-14-11-16(23-2)19(25-4)17(12-14)24-3/h5-13H,1-4H3,(H,21,22)/b9-8+. The zero-order valence-electron chi connectivity index (χ0n) is 14.8. The topological polar surface area (TPSA) is 69.7 Å². The van der Waals surface area contributed by atoms with Crippen molar-refractivity contribution in [2.75, 3.05) is 21.3 Å². The van der Waals surface area contributed by atoms with Crippen molar-refractivity contribution in [3.63, 3.8) is 0 Å². The van der Waals surface area contributed by atoms with E-state index in [0.29, 0.717) is 17.2 Å². The molecule has 0 saturated carbocycles. The molecule has 0 aliphatic rings. The highest BCUT2D eigenvalue weighted by molar-refractivity contribution is 5.92. The Balaban J connectivity index is 2.11. The Kier molecular flexibility index (Phi) is 6.39. The summed E-state index contributed by atoms with van der Waals surface area (Å²) in [6.07, 6.45) is 4.84. The van der Waals surface area contributed by atoms with Crippen LogP contribution in [0.4, 0.5) is 0 Å². The van der Waals surface area contributed by atoms with E-state index >= 15 is 0 Å². The molecule has 0 aliphatic heterocycles. The third-order valence-electron chi connectivity index (χ3n) is 3.60. The molecular weight excluding hydrogens is 320 g/mol. The first-order valence-electron chi connectivity index (χ1n) is 7.78. The first kappa shape index (κ1) is 18.3.